The largest absolute Gasteiger partial charge is 0.481 e. The van der Waals surface area contributed by atoms with Gasteiger partial charge in [0.05, 0.1) is 17.4 Å². The summed E-state index contributed by atoms with van der Waals surface area (Å²) in [6.07, 6.45) is -0.287. The molecule has 0 fully saturated rings. The number of carboxylic acid groups (broad SMARTS) is 1. The number of nitrogens with zero attached hydrogens (tertiary/aromatic N) is 1. The van der Waals surface area contributed by atoms with Crippen LogP contribution in [0.2, 0.25) is 0 Å². The van der Waals surface area contributed by atoms with Gasteiger partial charge in [0.25, 0.3) is 5.91 Å². The van der Waals surface area contributed by atoms with Gasteiger partial charge in [-0.3, -0.25) is 9.59 Å². The third-order valence-electron chi connectivity index (χ3n) is 3.11. The van der Waals surface area contributed by atoms with Gasteiger partial charge in [-0.1, -0.05) is 0 Å². The number of amides is 1. The number of aliphatic carboxylic acids is 1. The van der Waals surface area contributed by atoms with E-state index in [4.69, 9.17) is 5.11 Å². The number of rotatable bonds is 4. The van der Waals surface area contributed by atoms with Crippen molar-refractivity contribution in [3.05, 3.63) is 29.3 Å². The van der Waals surface area contributed by atoms with Crippen LogP contribution in [0.5, 0.6) is 0 Å². The summed E-state index contributed by atoms with van der Waals surface area (Å²) in [4.78, 5) is 22.5. The number of hydrogen-bond donors (Lipinski definition) is 2. The molecule has 0 unspecified atom stereocenters. The Hall–Kier alpha value is -1.93. The molecule has 0 radical (unpaired) electrons. The van der Waals surface area contributed by atoms with Crippen LogP contribution in [0, 0.1) is 0 Å². The molecule has 2 rings (SSSR count). The topological polar surface area (TPSA) is 104 Å². The lowest BCUT2D eigenvalue weighted by Crippen LogP contribution is -2.22. The molecule has 1 amide bonds. The first-order chi connectivity index (χ1) is 9.23. The van der Waals surface area contributed by atoms with Crippen LogP contribution < -0.4 is 5.32 Å². The molecule has 1 aromatic rings. The van der Waals surface area contributed by atoms with Gasteiger partial charge < -0.3 is 10.4 Å². The fraction of sp³-hybridized carbons (Fsp3) is 0.333. The van der Waals surface area contributed by atoms with Gasteiger partial charge in [-0.25, -0.2) is 12.7 Å². The van der Waals surface area contributed by atoms with E-state index in [0.717, 1.165) is 4.31 Å². The molecule has 8 heteroatoms. The van der Waals surface area contributed by atoms with Crippen molar-refractivity contribution in [3.8, 4) is 0 Å². The van der Waals surface area contributed by atoms with Crippen molar-refractivity contribution >= 4 is 21.9 Å². The molecule has 0 saturated heterocycles. The third kappa shape index (κ3) is 2.39. The van der Waals surface area contributed by atoms with E-state index in [0.29, 0.717) is 11.1 Å². The first-order valence-electron chi connectivity index (χ1n) is 5.82. The summed E-state index contributed by atoms with van der Waals surface area (Å²) in [5.41, 5.74) is 0.717. The maximum Gasteiger partial charge on any atom is 0.305 e. The molecule has 1 aliphatic heterocycles. The highest BCUT2D eigenvalue weighted by molar-refractivity contribution is 7.89. The zero-order valence-corrected chi connectivity index (χ0v) is 11.8. The summed E-state index contributed by atoms with van der Waals surface area (Å²) in [5, 5.41) is 11.4. The number of hydrogen-bond acceptors (Lipinski definition) is 4. The molecule has 0 bridgehead atoms. The number of carboxylic acids is 1. The van der Waals surface area contributed by atoms with Crippen molar-refractivity contribution in [1.29, 1.82) is 0 Å². The summed E-state index contributed by atoms with van der Waals surface area (Å²) >= 11 is 0. The van der Waals surface area contributed by atoms with Gasteiger partial charge in [-0.05, 0) is 23.8 Å². The number of benzene rings is 1. The highest BCUT2D eigenvalue weighted by atomic mass is 32.2. The van der Waals surface area contributed by atoms with Crippen LogP contribution in [-0.4, -0.2) is 43.8 Å². The minimum atomic E-state index is -3.62. The van der Waals surface area contributed by atoms with Crippen LogP contribution in [-0.2, 0) is 14.8 Å². The van der Waals surface area contributed by atoms with E-state index >= 15 is 0 Å². The van der Waals surface area contributed by atoms with Crippen molar-refractivity contribution in [2.24, 2.45) is 0 Å². The van der Waals surface area contributed by atoms with Crippen molar-refractivity contribution in [1.82, 2.24) is 9.62 Å². The quantitative estimate of drug-likeness (QED) is 0.826. The first-order valence-corrected chi connectivity index (χ1v) is 7.26. The maximum atomic E-state index is 12.0. The molecule has 108 valence electrons. The Labute approximate surface area is 116 Å². The molecular formula is C12H14N2O5S. The number of fused-ring (bicyclic) bond motifs is 1. The van der Waals surface area contributed by atoms with E-state index in [1.165, 1.54) is 32.3 Å². The van der Waals surface area contributed by atoms with Crippen LogP contribution in [0.4, 0.5) is 0 Å². The van der Waals surface area contributed by atoms with Crippen LogP contribution in [0.1, 0.15) is 28.4 Å². The van der Waals surface area contributed by atoms with E-state index in [9.17, 15) is 18.0 Å². The minimum Gasteiger partial charge on any atom is -0.481 e. The summed E-state index contributed by atoms with van der Waals surface area (Å²) in [5.74, 6) is -1.45. The molecule has 0 aliphatic carbocycles. The van der Waals surface area contributed by atoms with E-state index < -0.39 is 22.0 Å². The summed E-state index contributed by atoms with van der Waals surface area (Å²) < 4.78 is 25.2. The lowest BCUT2D eigenvalue weighted by molar-refractivity contribution is -0.137. The zero-order chi connectivity index (χ0) is 15.1. The molecule has 20 heavy (non-hydrogen) atoms. The van der Waals surface area contributed by atoms with Crippen molar-refractivity contribution in [2.45, 2.75) is 17.4 Å². The third-order valence-corrected chi connectivity index (χ3v) is 4.92. The molecule has 0 spiro atoms. The van der Waals surface area contributed by atoms with Crippen LogP contribution in [0.3, 0.4) is 0 Å². The first kappa shape index (κ1) is 14.5. The van der Waals surface area contributed by atoms with Crippen LogP contribution >= 0.6 is 0 Å². The molecule has 1 atom stereocenters. The van der Waals surface area contributed by atoms with E-state index in [1.54, 1.807) is 0 Å². The number of carbonyl (C=O) groups excluding carboxylic acids is 1. The second-order valence-corrected chi connectivity index (χ2v) is 6.81. The molecule has 0 saturated carbocycles. The smallest absolute Gasteiger partial charge is 0.305 e. The molecule has 1 aliphatic rings. The SMILES string of the molecule is CN(C)S(=O)(=O)c1ccc2c(c1)[C@@H](CC(=O)O)NC2=O. The van der Waals surface area contributed by atoms with Crippen molar-refractivity contribution in [2.75, 3.05) is 14.1 Å². The van der Waals surface area contributed by atoms with Gasteiger partial charge in [0, 0.05) is 19.7 Å². The van der Waals surface area contributed by atoms with Crippen molar-refractivity contribution < 1.29 is 23.1 Å². The Kier molecular flexibility index (Phi) is 3.53. The standard InChI is InChI=1S/C12H14N2O5S/c1-14(2)20(18,19)7-3-4-8-9(5-7)10(6-11(15)16)13-12(8)17/h3-5,10H,6H2,1-2H3,(H,13,17)(H,15,16)/t10-/m1/s1. The highest BCUT2D eigenvalue weighted by Gasteiger charge is 2.31. The summed E-state index contributed by atoms with van der Waals surface area (Å²) in [6.45, 7) is 0. The second-order valence-electron chi connectivity index (χ2n) is 4.66. The Morgan fingerprint density at radius 3 is 2.60 bits per heavy atom. The summed E-state index contributed by atoms with van der Waals surface area (Å²) in [7, 11) is -0.814. The second kappa shape index (κ2) is 4.88. The van der Waals surface area contributed by atoms with Gasteiger partial charge in [0.2, 0.25) is 10.0 Å². The molecular weight excluding hydrogens is 284 g/mol. The monoisotopic (exact) mass is 298 g/mol. The minimum absolute atomic E-state index is 0.0353. The van der Waals surface area contributed by atoms with Gasteiger partial charge >= 0.3 is 5.97 Å². The predicted octanol–water partition coefficient (Wildman–Crippen LogP) is 0.196. The lowest BCUT2D eigenvalue weighted by atomic mass is 10.0. The van der Waals surface area contributed by atoms with Gasteiger partial charge in [-0.15, -0.1) is 0 Å². The molecule has 1 aromatic carbocycles. The van der Waals surface area contributed by atoms with Gasteiger partial charge in [0.1, 0.15) is 0 Å². The van der Waals surface area contributed by atoms with Gasteiger partial charge in [-0.2, -0.15) is 0 Å². The number of nitrogens with one attached hydrogen (secondary N) is 1. The van der Waals surface area contributed by atoms with Crippen molar-refractivity contribution in [3.63, 3.8) is 0 Å². The highest BCUT2D eigenvalue weighted by Crippen LogP contribution is 2.30. The fourth-order valence-electron chi connectivity index (χ4n) is 2.06. The van der Waals surface area contributed by atoms with E-state index in [1.807, 2.05) is 0 Å². The van der Waals surface area contributed by atoms with E-state index in [-0.39, 0.29) is 17.2 Å². The zero-order valence-electron chi connectivity index (χ0n) is 11.0. The number of sulfonamides is 1. The Balaban J connectivity index is 2.50. The van der Waals surface area contributed by atoms with Crippen LogP contribution in [0.15, 0.2) is 23.1 Å². The Morgan fingerprint density at radius 2 is 2.05 bits per heavy atom. The molecule has 7 nitrogen and oxygen atoms in total. The number of carbonyl (C=O) groups is 2. The lowest BCUT2D eigenvalue weighted by Gasteiger charge is -2.13. The summed E-state index contributed by atoms with van der Waals surface area (Å²) in [6, 6.07) is 3.41. The fourth-order valence-corrected chi connectivity index (χ4v) is 2.99. The van der Waals surface area contributed by atoms with Crippen LogP contribution in [0.25, 0.3) is 0 Å². The van der Waals surface area contributed by atoms with Gasteiger partial charge in [0.15, 0.2) is 0 Å². The Bertz CT molecular complexity index is 679. The van der Waals surface area contributed by atoms with E-state index in [2.05, 4.69) is 5.32 Å². The average Bonchev–Trinajstić information content (AvgIpc) is 2.65. The Morgan fingerprint density at radius 1 is 1.40 bits per heavy atom. The molecule has 1 heterocycles. The maximum absolute atomic E-state index is 12.0. The predicted molar refractivity (Wildman–Crippen MR) is 69.8 cm³/mol. The average molecular weight is 298 g/mol. The molecule has 2 N–H and O–H groups in total. The normalized spacial score (nSPS) is 17.9. The molecule has 0 aromatic heterocycles.